The maximum atomic E-state index is 12.9. The predicted molar refractivity (Wildman–Crippen MR) is 84.0 cm³/mol. The molecule has 1 fully saturated rings. The fourth-order valence-corrected chi connectivity index (χ4v) is 2.99. The summed E-state index contributed by atoms with van der Waals surface area (Å²) in [5.41, 5.74) is 0.487. The minimum atomic E-state index is -0.0746. The fraction of sp³-hybridized carbons (Fsp3) is 0.625. The van der Waals surface area contributed by atoms with Crippen molar-refractivity contribution < 1.29 is 9.90 Å². The molecule has 0 aromatic carbocycles. The Hall–Kier alpha value is -1.78. The third-order valence-corrected chi connectivity index (χ3v) is 4.28. The zero-order valence-corrected chi connectivity index (χ0v) is 13.1. The lowest BCUT2D eigenvalue weighted by Crippen LogP contribution is -2.42. The monoisotopic (exact) mass is 291 g/mol. The van der Waals surface area contributed by atoms with Crippen LogP contribution in [0.15, 0.2) is 12.8 Å². The number of anilines is 1. The lowest BCUT2D eigenvalue weighted by Gasteiger charge is -2.32. The van der Waals surface area contributed by atoms with Gasteiger partial charge in [0, 0.05) is 18.2 Å². The van der Waals surface area contributed by atoms with Crippen LogP contribution in [0, 0.1) is 11.8 Å². The van der Waals surface area contributed by atoms with Crippen LogP contribution in [0.2, 0.25) is 0 Å². The molecule has 0 spiro atoms. The number of aromatic nitrogens is 2. The Bertz CT molecular complexity index is 513. The van der Waals surface area contributed by atoms with Crippen molar-refractivity contribution >= 4 is 17.5 Å². The van der Waals surface area contributed by atoms with Crippen molar-refractivity contribution in [2.24, 2.45) is 11.8 Å². The molecule has 2 N–H and O–H groups in total. The van der Waals surface area contributed by atoms with Crippen LogP contribution in [0.5, 0.6) is 0 Å². The minimum Gasteiger partial charge on any atom is -0.508 e. The Morgan fingerprint density at radius 3 is 2.57 bits per heavy atom. The van der Waals surface area contributed by atoms with E-state index in [1.54, 1.807) is 11.1 Å². The quantitative estimate of drug-likeness (QED) is 0.834. The largest absolute Gasteiger partial charge is 0.508 e. The third kappa shape index (κ3) is 3.28. The molecule has 2 rings (SSSR count). The second kappa shape index (κ2) is 6.33. The molecule has 1 aliphatic rings. The Morgan fingerprint density at radius 1 is 1.43 bits per heavy atom. The molecule has 1 saturated carbocycles. The highest BCUT2D eigenvalue weighted by atomic mass is 16.3. The molecule has 1 aromatic rings. The van der Waals surface area contributed by atoms with Gasteiger partial charge in [0.05, 0.1) is 5.56 Å². The maximum absolute atomic E-state index is 12.9. The lowest BCUT2D eigenvalue weighted by atomic mass is 9.82. The minimum absolute atomic E-state index is 0.0155. The summed E-state index contributed by atoms with van der Waals surface area (Å²) in [6.45, 7) is 9.70. The molecule has 1 heterocycles. The highest BCUT2D eigenvalue weighted by Crippen LogP contribution is 2.32. The van der Waals surface area contributed by atoms with E-state index in [0.717, 1.165) is 25.7 Å². The van der Waals surface area contributed by atoms with Crippen molar-refractivity contribution in [3.63, 3.8) is 0 Å². The van der Waals surface area contributed by atoms with Crippen molar-refractivity contribution in [1.29, 1.82) is 0 Å². The highest BCUT2D eigenvalue weighted by Gasteiger charge is 2.32. The van der Waals surface area contributed by atoms with E-state index < -0.39 is 0 Å². The molecule has 0 aliphatic heterocycles. The van der Waals surface area contributed by atoms with Gasteiger partial charge in [-0.2, -0.15) is 5.10 Å². The standard InChI is InChI=1S/C16H25N3O2/c1-10(2)19(15-14(12(4)20)9-17-18-15)16(21)13-7-5-11(3)6-8-13/h9-11,13,20H,4-8H2,1-3H3,(H,17,18)/t11-,13-. The molecule has 1 aliphatic carbocycles. The van der Waals surface area contributed by atoms with Crippen LogP contribution in [-0.2, 0) is 4.79 Å². The van der Waals surface area contributed by atoms with E-state index in [4.69, 9.17) is 0 Å². The molecule has 0 saturated heterocycles. The number of hydrogen-bond acceptors (Lipinski definition) is 3. The third-order valence-electron chi connectivity index (χ3n) is 4.28. The topological polar surface area (TPSA) is 69.2 Å². The van der Waals surface area contributed by atoms with E-state index in [2.05, 4.69) is 23.7 Å². The second-order valence-corrected chi connectivity index (χ2v) is 6.33. The van der Waals surface area contributed by atoms with Crippen LogP contribution >= 0.6 is 0 Å². The van der Waals surface area contributed by atoms with Gasteiger partial charge in [-0.25, -0.2) is 0 Å². The first-order valence-corrected chi connectivity index (χ1v) is 7.66. The number of amides is 1. The first-order valence-electron chi connectivity index (χ1n) is 7.66. The molecule has 0 atom stereocenters. The van der Waals surface area contributed by atoms with E-state index in [1.807, 2.05) is 13.8 Å². The van der Waals surface area contributed by atoms with Gasteiger partial charge in [0.15, 0.2) is 5.82 Å². The predicted octanol–water partition coefficient (Wildman–Crippen LogP) is 3.51. The average Bonchev–Trinajstić information content (AvgIpc) is 2.88. The number of aliphatic hydroxyl groups excluding tert-OH is 1. The summed E-state index contributed by atoms with van der Waals surface area (Å²) in [5.74, 6) is 1.27. The van der Waals surface area contributed by atoms with Gasteiger partial charge in [0.25, 0.3) is 0 Å². The number of H-pyrrole nitrogens is 1. The first-order chi connectivity index (χ1) is 9.91. The van der Waals surface area contributed by atoms with Crippen molar-refractivity contribution in [1.82, 2.24) is 10.2 Å². The Kier molecular flexibility index (Phi) is 4.70. The summed E-state index contributed by atoms with van der Waals surface area (Å²) in [4.78, 5) is 14.6. The second-order valence-electron chi connectivity index (χ2n) is 6.33. The Morgan fingerprint density at radius 2 is 2.05 bits per heavy atom. The number of aliphatic hydroxyl groups is 1. The smallest absolute Gasteiger partial charge is 0.231 e. The molecule has 0 unspecified atom stereocenters. The molecule has 5 heteroatoms. The molecule has 5 nitrogen and oxygen atoms in total. The Labute approximate surface area is 126 Å². The maximum Gasteiger partial charge on any atom is 0.231 e. The molecule has 0 bridgehead atoms. The van der Waals surface area contributed by atoms with E-state index in [9.17, 15) is 9.90 Å². The summed E-state index contributed by atoms with van der Waals surface area (Å²) < 4.78 is 0. The highest BCUT2D eigenvalue weighted by molar-refractivity contribution is 5.96. The normalized spacial score (nSPS) is 22.3. The van der Waals surface area contributed by atoms with Crippen molar-refractivity contribution in [3.8, 4) is 0 Å². The van der Waals surface area contributed by atoms with Gasteiger partial charge in [0.2, 0.25) is 5.91 Å². The van der Waals surface area contributed by atoms with E-state index in [-0.39, 0.29) is 23.6 Å². The van der Waals surface area contributed by atoms with Gasteiger partial charge in [-0.3, -0.25) is 14.8 Å². The van der Waals surface area contributed by atoms with Gasteiger partial charge in [-0.05, 0) is 45.4 Å². The molecule has 21 heavy (non-hydrogen) atoms. The van der Waals surface area contributed by atoms with Gasteiger partial charge < -0.3 is 5.11 Å². The molecule has 0 radical (unpaired) electrons. The Balaban J connectivity index is 2.24. The molecular formula is C16H25N3O2. The fourth-order valence-electron chi connectivity index (χ4n) is 2.99. The molecule has 1 amide bonds. The summed E-state index contributed by atoms with van der Waals surface area (Å²) in [7, 11) is 0. The summed E-state index contributed by atoms with van der Waals surface area (Å²) in [6.07, 6.45) is 5.64. The average molecular weight is 291 g/mol. The first kappa shape index (κ1) is 15.6. The van der Waals surface area contributed by atoms with Crippen LogP contribution in [0.4, 0.5) is 5.82 Å². The van der Waals surface area contributed by atoms with Crippen molar-refractivity contribution in [2.45, 2.75) is 52.5 Å². The molecular weight excluding hydrogens is 266 g/mol. The van der Waals surface area contributed by atoms with Gasteiger partial charge >= 0.3 is 0 Å². The van der Waals surface area contributed by atoms with Crippen molar-refractivity contribution in [3.05, 3.63) is 18.3 Å². The lowest BCUT2D eigenvalue weighted by molar-refractivity contribution is -0.123. The number of nitrogens with zero attached hydrogens (tertiary/aromatic N) is 2. The number of hydrogen-bond donors (Lipinski definition) is 2. The van der Waals surface area contributed by atoms with Crippen LogP contribution < -0.4 is 4.90 Å². The summed E-state index contributed by atoms with van der Waals surface area (Å²) >= 11 is 0. The van der Waals surface area contributed by atoms with Crippen LogP contribution in [0.1, 0.15) is 52.0 Å². The van der Waals surface area contributed by atoms with E-state index in [0.29, 0.717) is 17.3 Å². The van der Waals surface area contributed by atoms with E-state index in [1.165, 1.54) is 0 Å². The molecule has 116 valence electrons. The number of aromatic amines is 1. The van der Waals surface area contributed by atoms with Crippen LogP contribution in [0.3, 0.4) is 0 Å². The summed E-state index contributed by atoms with van der Waals surface area (Å²) in [5, 5.41) is 16.5. The zero-order chi connectivity index (χ0) is 15.6. The van der Waals surface area contributed by atoms with Crippen molar-refractivity contribution in [2.75, 3.05) is 4.90 Å². The zero-order valence-electron chi connectivity index (χ0n) is 13.1. The van der Waals surface area contributed by atoms with Crippen LogP contribution in [0.25, 0.3) is 5.76 Å². The number of rotatable bonds is 4. The summed E-state index contributed by atoms with van der Waals surface area (Å²) in [6, 6.07) is -0.0155. The van der Waals surface area contributed by atoms with Gasteiger partial charge in [-0.15, -0.1) is 0 Å². The van der Waals surface area contributed by atoms with Gasteiger partial charge in [0.1, 0.15) is 5.76 Å². The van der Waals surface area contributed by atoms with E-state index >= 15 is 0 Å². The molecule has 1 aromatic heterocycles. The van der Waals surface area contributed by atoms with Crippen LogP contribution in [-0.4, -0.2) is 27.3 Å². The number of carbonyl (C=O) groups is 1. The SMILES string of the molecule is C=C(O)c1c[nH]nc1N(C(=O)[C@H]1CC[C@H](C)CC1)C(C)C. The number of nitrogens with one attached hydrogen (secondary N) is 1. The number of carbonyl (C=O) groups excluding carboxylic acids is 1. The van der Waals surface area contributed by atoms with Gasteiger partial charge in [-0.1, -0.05) is 13.5 Å².